The van der Waals surface area contributed by atoms with Gasteiger partial charge in [0.05, 0.1) is 16.3 Å². The average Bonchev–Trinajstić information content (AvgIpc) is 2.88. The second-order valence-corrected chi connectivity index (χ2v) is 10.6. The first-order chi connectivity index (χ1) is 16.8. The van der Waals surface area contributed by atoms with Crippen LogP contribution in [-0.2, 0) is 16.6 Å². The number of rotatable bonds is 8. The predicted molar refractivity (Wildman–Crippen MR) is 140 cm³/mol. The molecule has 1 saturated heterocycles. The van der Waals surface area contributed by atoms with Gasteiger partial charge in [-0.15, -0.1) is 0 Å². The molecule has 1 aliphatic rings. The maximum Gasteiger partial charge on any atom is 0.261 e. The van der Waals surface area contributed by atoms with E-state index in [1.807, 2.05) is 48.5 Å². The first kappa shape index (κ1) is 24.8. The van der Waals surface area contributed by atoms with Gasteiger partial charge in [-0.2, -0.15) is 0 Å². The zero-order valence-corrected chi connectivity index (χ0v) is 20.9. The summed E-state index contributed by atoms with van der Waals surface area (Å²) < 4.78 is 29.3. The van der Waals surface area contributed by atoms with Gasteiger partial charge in [-0.3, -0.25) is 9.52 Å². The highest BCUT2D eigenvalue weighted by Gasteiger charge is 2.21. The predicted octanol–water partition coefficient (Wildman–Crippen LogP) is 3.95. The van der Waals surface area contributed by atoms with Crippen LogP contribution in [0.1, 0.15) is 41.3 Å². The lowest BCUT2D eigenvalue weighted by Gasteiger charge is -2.31. The molecule has 3 aromatic carbocycles. The summed E-state index contributed by atoms with van der Waals surface area (Å²) >= 11 is 0. The summed E-state index contributed by atoms with van der Waals surface area (Å²) in [5.41, 5.74) is 3.61. The van der Waals surface area contributed by atoms with Gasteiger partial charge in [0.25, 0.3) is 15.9 Å². The molecule has 184 valence electrons. The van der Waals surface area contributed by atoms with Crippen LogP contribution in [0.25, 0.3) is 0 Å². The van der Waals surface area contributed by atoms with E-state index in [9.17, 15) is 13.2 Å². The van der Waals surface area contributed by atoms with E-state index in [0.29, 0.717) is 23.7 Å². The topological polar surface area (TPSA) is 90.5 Å². The highest BCUT2D eigenvalue weighted by molar-refractivity contribution is 7.92. The lowest BCUT2D eigenvalue weighted by molar-refractivity contribution is 0.0951. The molecule has 1 amide bonds. The molecule has 0 atom stereocenters. The minimum absolute atomic E-state index is 0.187. The van der Waals surface area contributed by atoms with E-state index in [1.165, 1.54) is 0 Å². The Hall–Kier alpha value is -3.36. The number of sulfonamides is 1. The normalized spacial score (nSPS) is 14.1. The van der Waals surface area contributed by atoms with E-state index in [-0.39, 0.29) is 10.8 Å². The molecule has 7 nitrogen and oxygen atoms in total. The molecule has 0 bridgehead atoms. The smallest absolute Gasteiger partial charge is 0.261 e. The van der Waals surface area contributed by atoms with Crippen LogP contribution in [-0.4, -0.2) is 40.5 Å². The van der Waals surface area contributed by atoms with Gasteiger partial charge in [0.1, 0.15) is 0 Å². The maximum absolute atomic E-state index is 13.3. The van der Waals surface area contributed by atoms with Crippen molar-refractivity contribution < 1.29 is 13.2 Å². The van der Waals surface area contributed by atoms with Crippen LogP contribution >= 0.6 is 0 Å². The summed E-state index contributed by atoms with van der Waals surface area (Å²) in [6.07, 6.45) is 0. The van der Waals surface area contributed by atoms with Gasteiger partial charge in [0, 0.05) is 38.3 Å². The molecule has 0 aliphatic carbocycles. The van der Waals surface area contributed by atoms with Gasteiger partial charge >= 0.3 is 0 Å². The summed E-state index contributed by atoms with van der Waals surface area (Å²) in [5, 5.41) is 6.22. The quantitative estimate of drug-likeness (QED) is 0.443. The number of carbonyl (C=O) groups excluding carboxylic acids is 1. The molecule has 4 rings (SSSR count). The Morgan fingerprint density at radius 2 is 1.66 bits per heavy atom. The minimum atomic E-state index is -3.84. The van der Waals surface area contributed by atoms with E-state index in [2.05, 4.69) is 34.1 Å². The van der Waals surface area contributed by atoms with Crippen LogP contribution in [0.3, 0.4) is 0 Å². The van der Waals surface area contributed by atoms with E-state index in [0.717, 1.165) is 43.0 Å². The fraction of sp³-hybridized carbons (Fsp3) is 0.296. The molecule has 35 heavy (non-hydrogen) atoms. The van der Waals surface area contributed by atoms with Gasteiger partial charge in [0.15, 0.2) is 0 Å². The highest BCUT2D eigenvalue weighted by atomic mass is 32.2. The lowest BCUT2D eigenvalue weighted by atomic mass is 10.0. The SMILES string of the molecule is CC(C)c1ccc(S(=O)(=O)Nc2cc(C(=O)NCc3ccccc3)ccc2N2CCNCC2)cc1. The number of amides is 1. The number of nitrogens with zero attached hydrogens (tertiary/aromatic N) is 1. The minimum Gasteiger partial charge on any atom is -0.367 e. The summed E-state index contributed by atoms with van der Waals surface area (Å²) in [5.74, 6) is 0.0487. The van der Waals surface area contributed by atoms with E-state index >= 15 is 0 Å². The third-order valence-electron chi connectivity index (χ3n) is 6.11. The number of hydrogen-bond donors (Lipinski definition) is 3. The molecule has 0 radical (unpaired) electrons. The Kier molecular flexibility index (Phi) is 7.73. The summed E-state index contributed by atoms with van der Waals surface area (Å²) in [7, 11) is -3.84. The highest BCUT2D eigenvalue weighted by Crippen LogP contribution is 2.30. The molecule has 8 heteroatoms. The van der Waals surface area contributed by atoms with Crippen LogP contribution in [0.2, 0.25) is 0 Å². The van der Waals surface area contributed by atoms with Crippen molar-refractivity contribution in [3.8, 4) is 0 Å². The Bertz CT molecular complexity index is 1250. The molecular formula is C27H32N4O3S. The van der Waals surface area contributed by atoms with Crippen LogP contribution < -0.4 is 20.3 Å². The summed E-state index contributed by atoms with van der Waals surface area (Å²) in [4.78, 5) is 15.2. The fourth-order valence-corrected chi connectivity index (χ4v) is 5.12. The summed E-state index contributed by atoms with van der Waals surface area (Å²) in [6.45, 7) is 7.63. The van der Waals surface area contributed by atoms with Crippen molar-refractivity contribution in [2.45, 2.75) is 31.2 Å². The van der Waals surface area contributed by atoms with Crippen LogP contribution in [0.15, 0.2) is 77.7 Å². The Balaban J connectivity index is 1.61. The van der Waals surface area contributed by atoms with E-state index < -0.39 is 10.0 Å². The molecule has 0 unspecified atom stereocenters. The molecule has 1 aliphatic heterocycles. The molecule has 3 aromatic rings. The Labute approximate surface area is 207 Å². The average molecular weight is 493 g/mol. The molecule has 0 saturated carbocycles. The fourth-order valence-electron chi connectivity index (χ4n) is 4.06. The van der Waals surface area contributed by atoms with E-state index in [1.54, 1.807) is 24.3 Å². The number of piperazine rings is 1. The van der Waals surface area contributed by atoms with Gasteiger partial charge < -0.3 is 15.5 Å². The zero-order chi connectivity index (χ0) is 24.8. The molecule has 1 heterocycles. The molecule has 3 N–H and O–H groups in total. The number of carbonyl (C=O) groups is 1. The van der Waals surface area contributed by atoms with Crippen molar-refractivity contribution in [1.82, 2.24) is 10.6 Å². The van der Waals surface area contributed by atoms with E-state index in [4.69, 9.17) is 0 Å². The third-order valence-corrected chi connectivity index (χ3v) is 7.50. The van der Waals surface area contributed by atoms with Gasteiger partial charge in [-0.25, -0.2) is 8.42 Å². The lowest BCUT2D eigenvalue weighted by Crippen LogP contribution is -2.43. The van der Waals surface area contributed by atoms with Gasteiger partial charge in [-0.1, -0.05) is 56.3 Å². The molecule has 1 fully saturated rings. The third kappa shape index (κ3) is 6.21. The van der Waals surface area contributed by atoms with Crippen LogP contribution in [0.5, 0.6) is 0 Å². The number of nitrogens with one attached hydrogen (secondary N) is 3. The van der Waals surface area contributed by atoms with Crippen molar-refractivity contribution in [3.05, 3.63) is 89.5 Å². The number of anilines is 2. The molecular weight excluding hydrogens is 460 g/mol. The second-order valence-electron chi connectivity index (χ2n) is 8.97. The zero-order valence-electron chi connectivity index (χ0n) is 20.1. The molecule has 0 spiro atoms. The number of benzene rings is 3. The van der Waals surface area contributed by atoms with Crippen molar-refractivity contribution >= 4 is 27.3 Å². The van der Waals surface area contributed by atoms with Gasteiger partial charge in [0.2, 0.25) is 0 Å². The Morgan fingerprint density at radius 3 is 2.31 bits per heavy atom. The standard InChI is InChI=1S/C27H32N4O3S/c1-20(2)22-8-11-24(12-9-22)35(33,34)30-25-18-23(10-13-26(25)31-16-14-28-15-17-31)27(32)29-19-21-6-4-3-5-7-21/h3-13,18,20,28,30H,14-17,19H2,1-2H3,(H,29,32). The van der Waals surface area contributed by atoms with Crippen molar-refractivity contribution in [2.75, 3.05) is 35.8 Å². The number of hydrogen-bond acceptors (Lipinski definition) is 5. The summed E-state index contributed by atoms with van der Waals surface area (Å²) in [6, 6.07) is 21.8. The largest absolute Gasteiger partial charge is 0.367 e. The van der Waals surface area contributed by atoms with Crippen molar-refractivity contribution in [1.29, 1.82) is 0 Å². The van der Waals surface area contributed by atoms with Crippen LogP contribution in [0, 0.1) is 0 Å². The van der Waals surface area contributed by atoms with Crippen LogP contribution in [0.4, 0.5) is 11.4 Å². The van der Waals surface area contributed by atoms with Crippen molar-refractivity contribution in [3.63, 3.8) is 0 Å². The first-order valence-electron chi connectivity index (χ1n) is 11.9. The second kappa shape index (κ2) is 10.9. The Morgan fingerprint density at radius 1 is 0.971 bits per heavy atom. The monoisotopic (exact) mass is 492 g/mol. The van der Waals surface area contributed by atoms with Crippen molar-refractivity contribution in [2.24, 2.45) is 0 Å². The maximum atomic E-state index is 13.3. The first-order valence-corrected chi connectivity index (χ1v) is 13.4. The molecule has 0 aromatic heterocycles. The van der Waals surface area contributed by atoms with Gasteiger partial charge in [-0.05, 0) is 47.4 Å².